The highest BCUT2D eigenvalue weighted by molar-refractivity contribution is 7.26. The van der Waals surface area contributed by atoms with Crippen LogP contribution in [-0.4, -0.2) is 19.5 Å². The van der Waals surface area contributed by atoms with Crippen LogP contribution in [0.4, 0.5) is 0 Å². The van der Waals surface area contributed by atoms with Crippen molar-refractivity contribution in [2.45, 2.75) is 0 Å². The van der Waals surface area contributed by atoms with Gasteiger partial charge in [0.15, 0.2) is 17.5 Å². The SMILES string of the molecule is c1ccc(-c2ccc3c4ccc5c6ccccc6sc5c4n(-c4ccc(-c5nc(-c6ccccc6)nc(-c6ccccc6)n5)cc4)c3c2)cc1. The van der Waals surface area contributed by atoms with Gasteiger partial charge in [-0.05, 0) is 47.5 Å². The second-order valence-corrected chi connectivity index (χ2v) is 13.5. The Morgan fingerprint density at radius 2 is 0.880 bits per heavy atom. The van der Waals surface area contributed by atoms with Gasteiger partial charge in [0.1, 0.15) is 0 Å². The molecule has 5 heteroatoms. The van der Waals surface area contributed by atoms with Gasteiger partial charge >= 0.3 is 0 Å². The van der Waals surface area contributed by atoms with Gasteiger partial charge in [0, 0.05) is 48.6 Å². The summed E-state index contributed by atoms with van der Waals surface area (Å²) in [5, 5.41) is 5.07. The third-order valence-corrected chi connectivity index (χ3v) is 10.7. The van der Waals surface area contributed by atoms with E-state index in [1.54, 1.807) is 0 Å². The lowest BCUT2D eigenvalue weighted by Crippen LogP contribution is -2.00. The average molecular weight is 657 g/mol. The molecule has 0 N–H and O–H groups in total. The Bertz CT molecular complexity index is 2780. The predicted molar refractivity (Wildman–Crippen MR) is 209 cm³/mol. The van der Waals surface area contributed by atoms with Crippen LogP contribution in [0.15, 0.2) is 170 Å². The number of thiophene rings is 1. The van der Waals surface area contributed by atoms with Crippen LogP contribution in [0.25, 0.3) is 93.0 Å². The van der Waals surface area contributed by atoms with E-state index in [0.29, 0.717) is 17.5 Å². The Morgan fingerprint density at radius 3 is 1.52 bits per heavy atom. The van der Waals surface area contributed by atoms with Crippen LogP contribution in [-0.2, 0) is 0 Å². The minimum absolute atomic E-state index is 0.643. The van der Waals surface area contributed by atoms with Crippen LogP contribution in [0.2, 0.25) is 0 Å². The first-order valence-electron chi connectivity index (χ1n) is 16.7. The molecule has 3 aromatic heterocycles. The maximum Gasteiger partial charge on any atom is 0.164 e. The minimum Gasteiger partial charge on any atom is -0.308 e. The number of rotatable bonds is 5. The number of fused-ring (bicyclic) bond motifs is 7. The van der Waals surface area contributed by atoms with Crippen molar-refractivity contribution in [2.75, 3.05) is 0 Å². The summed E-state index contributed by atoms with van der Waals surface area (Å²) in [7, 11) is 0. The zero-order chi connectivity index (χ0) is 33.0. The Hall–Kier alpha value is -6.43. The zero-order valence-corrected chi connectivity index (χ0v) is 27.7. The predicted octanol–water partition coefficient (Wildman–Crippen LogP) is 12.0. The third-order valence-electron chi connectivity index (χ3n) is 9.46. The van der Waals surface area contributed by atoms with Gasteiger partial charge in [0.2, 0.25) is 0 Å². The van der Waals surface area contributed by atoms with E-state index in [0.717, 1.165) is 22.4 Å². The monoisotopic (exact) mass is 656 g/mol. The molecule has 10 aromatic rings. The molecule has 0 radical (unpaired) electrons. The van der Waals surface area contributed by atoms with Crippen LogP contribution in [0.1, 0.15) is 0 Å². The third kappa shape index (κ3) is 4.71. The topological polar surface area (TPSA) is 43.6 Å². The van der Waals surface area contributed by atoms with Crippen LogP contribution in [0, 0.1) is 0 Å². The molecule has 0 fully saturated rings. The molecule has 0 aliphatic carbocycles. The van der Waals surface area contributed by atoms with Crippen molar-refractivity contribution in [2.24, 2.45) is 0 Å². The van der Waals surface area contributed by atoms with E-state index in [1.807, 2.05) is 72.0 Å². The molecule has 0 atom stereocenters. The lowest BCUT2D eigenvalue weighted by Gasteiger charge is -2.11. The van der Waals surface area contributed by atoms with E-state index in [1.165, 1.54) is 53.1 Å². The van der Waals surface area contributed by atoms with Gasteiger partial charge in [-0.2, -0.15) is 0 Å². The highest BCUT2D eigenvalue weighted by Gasteiger charge is 2.19. The van der Waals surface area contributed by atoms with Crippen LogP contribution in [0.3, 0.4) is 0 Å². The molecule has 10 rings (SSSR count). The molecule has 7 aromatic carbocycles. The molecule has 0 amide bonds. The van der Waals surface area contributed by atoms with Gasteiger partial charge < -0.3 is 4.57 Å². The Labute approximate surface area is 292 Å². The van der Waals surface area contributed by atoms with Crippen LogP contribution >= 0.6 is 11.3 Å². The molecule has 0 bridgehead atoms. The summed E-state index contributed by atoms with van der Waals surface area (Å²) < 4.78 is 5.03. The van der Waals surface area contributed by atoms with E-state index >= 15 is 0 Å². The number of benzene rings is 7. The van der Waals surface area contributed by atoms with E-state index < -0.39 is 0 Å². The lowest BCUT2D eigenvalue weighted by atomic mass is 10.0. The quantitative estimate of drug-likeness (QED) is 0.185. The van der Waals surface area contributed by atoms with Crippen LogP contribution in [0.5, 0.6) is 0 Å². The summed E-state index contributed by atoms with van der Waals surface area (Å²) in [4.78, 5) is 14.8. The van der Waals surface area contributed by atoms with E-state index in [-0.39, 0.29) is 0 Å². The summed E-state index contributed by atoms with van der Waals surface area (Å²) in [6.45, 7) is 0. The molecule has 0 saturated carbocycles. The molecule has 234 valence electrons. The first kappa shape index (κ1) is 28.6. The summed E-state index contributed by atoms with van der Waals surface area (Å²) in [6.07, 6.45) is 0. The molecule has 0 saturated heterocycles. The van der Waals surface area contributed by atoms with E-state index in [2.05, 4.69) is 114 Å². The second kappa shape index (κ2) is 11.6. The minimum atomic E-state index is 0.643. The molecule has 0 aliphatic heterocycles. The van der Waals surface area contributed by atoms with Crippen molar-refractivity contribution in [1.29, 1.82) is 0 Å². The summed E-state index contributed by atoms with van der Waals surface area (Å²) in [6, 6.07) is 59.7. The molecule has 0 spiro atoms. The summed E-state index contributed by atoms with van der Waals surface area (Å²) in [5.41, 5.74) is 8.73. The average Bonchev–Trinajstić information content (AvgIpc) is 3.74. The molecular formula is C45H28N4S. The van der Waals surface area contributed by atoms with Crippen LogP contribution < -0.4 is 0 Å². The molecule has 0 unspecified atom stereocenters. The lowest BCUT2D eigenvalue weighted by molar-refractivity contribution is 1.07. The fourth-order valence-corrected chi connectivity index (χ4v) is 8.29. The van der Waals surface area contributed by atoms with Gasteiger partial charge in [-0.25, -0.2) is 15.0 Å². The summed E-state index contributed by atoms with van der Waals surface area (Å²) >= 11 is 1.87. The molecule has 4 nitrogen and oxygen atoms in total. The van der Waals surface area contributed by atoms with Crippen molar-refractivity contribution < 1.29 is 0 Å². The maximum atomic E-state index is 4.97. The first-order chi connectivity index (χ1) is 24.8. The number of hydrogen-bond acceptors (Lipinski definition) is 4. The number of hydrogen-bond donors (Lipinski definition) is 0. The fourth-order valence-electron chi connectivity index (χ4n) is 7.05. The van der Waals surface area contributed by atoms with Crippen molar-refractivity contribution in [3.05, 3.63) is 170 Å². The number of nitrogens with zero attached hydrogens (tertiary/aromatic N) is 4. The van der Waals surface area contributed by atoms with E-state index in [9.17, 15) is 0 Å². The highest BCUT2D eigenvalue weighted by atomic mass is 32.1. The van der Waals surface area contributed by atoms with Crippen molar-refractivity contribution in [3.8, 4) is 51.0 Å². The molecule has 0 aliphatic rings. The van der Waals surface area contributed by atoms with Gasteiger partial charge in [0.05, 0.1) is 15.7 Å². The van der Waals surface area contributed by atoms with Crippen molar-refractivity contribution in [1.82, 2.24) is 19.5 Å². The smallest absolute Gasteiger partial charge is 0.164 e. The number of aromatic nitrogens is 4. The largest absolute Gasteiger partial charge is 0.308 e. The van der Waals surface area contributed by atoms with Crippen molar-refractivity contribution in [3.63, 3.8) is 0 Å². The van der Waals surface area contributed by atoms with E-state index in [4.69, 9.17) is 15.0 Å². The highest BCUT2D eigenvalue weighted by Crippen LogP contribution is 2.43. The van der Waals surface area contributed by atoms with Gasteiger partial charge in [-0.3, -0.25) is 0 Å². The fraction of sp³-hybridized carbons (Fsp3) is 0. The summed E-state index contributed by atoms with van der Waals surface area (Å²) in [5.74, 6) is 1.95. The first-order valence-corrected chi connectivity index (χ1v) is 17.5. The molecule has 50 heavy (non-hydrogen) atoms. The zero-order valence-electron chi connectivity index (χ0n) is 26.9. The Morgan fingerprint density at radius 1 is 0.380 bits per heavy atom. The normalized spacial score (nSPS) is 11.6. The van der Waals surface area contributed by atoms with Crippen molar-refractivity contribution >= 4 is 53.3 Å². The molecule has 3 heterocycles. The standard InChI is InChI=1S/C45H28N4S/c1-4-12-29(13-5-1)33-22-25-35-37-26-27-38-36-18-10-11-19-40(36)50-42(38)41(37)49(39(35)28-33)34-23-20-32(21-24-34)45-47-43(30-14-6-2-7-15-30)46-44(48-45)31-16-8-3-9-17-31/h1-28H. The Kier molecular flexibility index (Phi) is 6.64. The molecular weight excluding hydrogens is 629 g/mol. The second-order valence-electron chi connectivity index (χ2n) is 12.5. The Balaban J connectivity index is 1.19. The van der Waals surface area contributed by atoms with Gasteiger partial charge in [0.25, 0.3) is 0 Å². The maximum absolute atomic E-state index is 4.97. The van der Waals surface area contributed by atoms with Gasteiger partial charge in [-0.15, -0.1) is 11.3 Å². The van der Waals surface area contributed by atoms with Gasteiger partial charge in [-0.1, -0.05) is 133 Å².